The topological polar surface area (TPSA) is 128 Å². The largest absolute Gasteiger partial charge is 0.508 e. The summed E-state index contributed by atoms with van der Waals surface area (Å²) in [5.74, 6) is -2.56. The molecular formula is C27H34ClN3O5. The Kier molecular flexibility index (Phi) is 8.76. The summed E-state index contributed by atoms with van der Waals surface area (Å²) in [6.07, 6.45) is -1.45. The molecule has 194 valence electrons. The molecule has 0 radical (unpaired) electrons. The van der Waals surface area contributed by atoms with E-state index in [2.05, 4.69) is 16.0 Å². The molecule has 1 aliphatic heterocycles. The van der Waals surface area contributed by atoms with E-state index in [4.69, 9.17) is 11.6 Å². The van der Waals surface area contributed by atoms with E-state index in [1.54, 1.807) is 19.1 Å². The van der Waals surface area contributed by atoms with Crippen LogP contribution >= 0.6 is 11.6 Å². The number of hydrogen-bond acceptors (Lipinski definition) is 6. The van der Waals surface area contributed by atoms with E-state index in [1.807, 2.05) is 51.1 Å². The highest BCUT2D eigenvalue weighted by molar-refractivity contribution is 6.23. The highest BCUT2D eigenvalue weighted by atomic mass is 35.5. The first-order valence-electron chi connectivity index (χ1n) is 11.9. The molecular weight excluding hydrogens is 482 g/mol. The third kappa shape index (κ3) is 6.63. The molecule has 1 heterocycles. The number of carbonyl (C=O) groups is 3. The van der Waals surface area contributed by atoms with E-state index < -0.39 is 46.7 Å². The van der Waals surface area contributed by atoms with Gasteiger partial charge in [-0.2, -0.15) is 0 Å². The number of aromatic hydroxyl groups is 1. The average Bonchev–Trinajstić information content (AvgIpc) is 3.20. The Morgan fingerprint density at radius 3 is 2.42 bits per heavy atom. The SMILES string of the molecule is Cc1c(O)cccc1C(=O)NC(Cc1ccccc1)C(O)C(=O)[C@H]1[C@H](Cl)CN[C@@H]1C(=O)NC(C)(C)C. The molecule has 0 aliphatic carbocycles. The van der Waals surface area contributed by atoms with Gasteiger partial charge < -0.3 is 26.2 Å². The number of aliphatic hydroxyl groups is 1. The van der Waals surface area contributed by atoms with Crippen LogP contribution in [0.1, 0.15) is 42.3 Å². The van der Waals surface area contributed by atoms with Gasteiger partial charge in [-0.3, -0.25) is 14.4 Å². The molecule has 5 N–H and O–H groups in total. The summed E-state index contributed by atoms with van der Waals surface area (Å²) in [6, 6.07) is 11.8. The van der Waals surface area contributed by atoms with Gasteiger partial charge in [0.1, 0.15) is 11.9 Å². The Labute approximate surface area is 216 Å². The van der Waals surface area contributed by atoms with Crippen LogP contribution in [0.5, 0.6) is 5.75 Å². The monoisotopic (exact) mass is 515 g/mol. The summed E-state index contributed by atoms with van der Waals surface area (Å²) >= 11 is 6.44. The molecule has 0 aromatic heterocycles. The maximum atomic E-state index is 13.6. The highest BCUT2D eigenvalue weighted by Gasteiger charge is 2.47. The van der Waals surface area contributed by atoms with Crippen molar-refractivity contribution in [3.05, 3.63) is 65.2 Å². The number of nitrogens with one attached hydrogen (secondary N) is 3. The predicted octanol–water partition coefficient (Wildman–Crippen LogP) is 2.08. The third-order valence-corrected chi connectivity index (χ3v) is 6.65. The van der Waals surface area contributed by atoms with E-state index in [1.165, 1.54) is 6.07 Å². The van der Waals surface area contributed by atoms with Crippen molar-refractivity contribution in [2.45, 2.75) is 63.2 Å². The van der Waals surface area contributed by atoms with Gasteiger partial charge >= 0.3 is 0 Å². The fourth-order valence-electron chi connectivity index (χ4n) is 4.37. The Morgan fingerprint density at radius 1 is 1.11 bits per heavy atom. The maximum Gasteiger partial charge on any atom is 0.252 e. The smallest absolute Gasteiger partial charge is 0.252 e. The molecule has 5 atom stereocenters. The Balaban J connectivity index is 1.87. The molecule has 8 nitrogen and oxygen atoms in total. The minimum Gasteiger partial charge on any atom is -0.508 e. The second kappa shape index (κ2) is 11.4. The van der Waals surface area contributed by atoms with Crippen LogP contribution in [0.25, 0.3) is 0 Å². The summed E-state index contributed by atoms with van der Waals surface area (Å²) in [5, 5.41) is 29.2. The maximum absolute atomic E-state index is 13.6. The summed E-state index contributed by atoms with van der Waals surface area (Å²) < 4.78 is 0. The molecule has 2 aromatic carbocycles. The molecule has 1 aliphatic rings. The van der Waals surface area contributed by atoms with E-state index in [0.29, 0.717) is 5.56 Å². The number of amides is 2. The van der Waals surface area contributed by atoms with Crippen LogP contribution in [-0.4, -0.2) is 63.5 Å². The van der Waals surface area contributed by atoms with Crippen molar-refractivity contribution < 1.29 is 24.6 Å². The summed E-state index contributed by atoms with van der Waals surface area (Å²) in [4.78, 5) is 39.6. The van der Waals surface area contributed by atoms with Crippen molar-refractivity contribution in [1.82, 2.24) is 16.0 Å². The number of hydrogen-bond donors (Lipinski definition) is 5. The van der Waals surface area contributed by atoms with Crippen molar-refractivity contribution >= 4 is 29.2 Å². The van der Waals surface area contributed by atoms with Crippen molar-refractivity contribution in [1.29, 1.82) is 0 Å². The molecule has 1 fully saturated rings. The number of phenols is 1. The summed E-state index contributed by atoms with van der Waals surface area (Å²) in [7, 11) is 0. The van der Waals surface area contributed by atoms with E-state index in [0.717, 1.165) is 5.56 Å². The highest BCUT2D eigenvalue weighted by Crippen LogP contribution is 2.26. The second-order valence-corrected chi connectivity index (χ2v) is 10.8. The van der Waals surface area contributed by atoms with Crippen molar-refractivity contribution in [3.8, 4) is 5.75 Å². The van der Waals surface area contributed by atoms with Crippen LogP contribution in [0.2, 0.25) is 0 Å². The quantitative estimate of drug-likeness (QED) is 0.342. The van der Waals surface area contributed by atoms with E-state index in [9.17, 15) is 24.6 Å². The number of rotatable bonds is 8. The lowest BCUT2D eigenvalue weighted by Crippen LogP contribution is -2.56. The molecule has 0 bridgehead atoms. The van der Waals surface area contributed by atoms with Gasteiger partial charge in [-0.05, 0) is 51.8 Å². The van der Waals surface area contributed by atoms with Crippen molar-refractivity contribution in [3.63, 3.8) is 0 Å². The van der Waals surface area contributed by atoms with Crippen LogP contribution < -0.4 is 16.0 Å². The number of alkyl halides is 1. The molecule has 9 heteroatoms. The number of ketones is 1. The number of halogens is 1. The molecule has 0 saturated carbocycles. The first-order chi connectivity index (χ1) is 16.9. The van der Waals surface area contributed by atoms with E-state index in [-0.39, 0.29) is 30.2 Å². The third-order valence-electron chi connectivity index (χ3n) is 6.23. The number of phenolic OH excluding ortho intramolecular Hbond substituents is 1. The number of carbonyl (C=O) groups excluding carboxylic acids is 3. The lowest BCUT2D eigenvalue weighted by molar-refractivity contribution is -0.136. The molecule has 3 rings (SSSR count). The van der Waals surface area contributed by atoms with Crippen LogP contribution in [0.4, 0.5) is 0 Å². The number of benzene rings is 2. The second-order valence-electron chi connectivity index (χ2n) is 10.2. The normalized spacial score (nSPS) is 21.4. The van der Waals surface area contributed by atoms with Gasteiger partial charge in [0.05, 0.1) is 23.4 Å². The minimum atomic E-state index is -1.62. The Morgan fingerprint density at radius 2 is 1.78 bits per heavy atom. The van der Waals surface area contributed by atoms with Crippen LogP contribution in [-0.2, 0) is 16.0 Å². The lowest BCUT2D eigenvalue weighted by atomic mass is 9.86. The summed E-state index contributed by atoms with van der Waals surface area (Å²) in [5.41, 5.74) is 0.899. The van der Waals surface area contributed by atoms with E-state index >= 15 is 0 Å². The Hall–Kier alpha value is -2.94. The van der Waals surface area contributed by atoms with Crippen LogP contribution in [0.15, 0.2) is 48.5 Å². The molecule has 1 saturated heterocycles. The van der Waals surface area contributed by atoms with Crippen molar-refractivity contribution in [2.75, 3.05) is 6.54 Å². The summed E-state index contributed by atoms with van der Waals surface area (Å²) in [6.45, 7) is 7.33. The van der Waals surface area contributed by atoms with Crippen LogP contribution in [0.3, 0.4) is 0 Å². The molecule has 36 heavy (non-hydrogen) atoms. The lowest BCUT2D eigenvalue weighted by Gasteiger charge is -2.29. The molecule has 2 unspecified atom stereocenters. The molecule has 0 spiro atoms. The Bertz CT molecular complexity index is 1100. The zero-order valence-electron chi connectivity index (χ0n) is 20.9. The molecule has 2 aromatic rings. The van der Waals surface area contributed by atoms with Gasteiger partial charge in [-0.1, -0.05) is 36.4 Å². The first-order valence-corrected chi connectivity index (χ1v) is 12.4. The predicted molar refractivity (Wildman–Crippen MR) is 138 cm³/mol. The zero-order valence-corrected chi connectivity index (χ0v) is 21.7. The van der Waals surface area contributed by atoms with Gasteiger partial charge in [-0.15, -0.1) is 11.6 Å². The van der Waals surface area contributed by atoms with Gasteiger partial charge in [0.25, 0.3) is 5.91 Å². The average molecular weight is 516 g/mol. The fourth-order valence-corrected chi connectivity index (χ4v) is 4.73. The molecule has 2 amide bonds. The standard InChI is InChI=1S/C27H34ClN3O5/c1-15-17(11-8-12-20(15)32)25(35)30-19(13-16-9-6-5-7-10-16)23(33)24(34)21-18(28)14-29-22(21)26(36)31-27(2,3)4/h5-12,18-19,21-23,29,32-33H,13-14H2,1-4H3,(H,30,35)(H,31,36)/t18-,19?,21+,22+,23?/m1/s1. The number of Topliss-reactive ketones (excluding diaryl/α,β-unsaturated/α-hetero) is 1. The van der Waals surface area contributed by atoms with Gasteiger partial charge in [-0.25, -0.2) is 0 Å². The fraction of sp³-hybridized carbons (Fsp3) is 0.444. The van der Waals surface area contributed by atoms with Gasteiger partial charge in [0.15, 0.2) is 5.78 Å². The number of aliphatic hydroxyl groups excluding tert-OH is 1. The van der Waals surface area contributed by atoms with Gasteiger partial charge in [0, 0.05) is 23.2 Å². The first kappa shape index (κ1) is 27.6. The van der Waals surface area contributed by atoms with Gasteiger partial charge in [0.2, 0.25) is 5.91 Å². The van der Waals surface area contributed by atoms with Crippen molar-refractivity contribution in [2.24, 2.45) is 5.92 Å². The van der Waals surface area contributed by atoms with Crippen LogP contribution in [0, 0.1) is 12.8 Å². The zero-order chi connectivity index (χ0) is 26.6. The minimum absolute atomic E-state index is 0.0337.